The summed E-state index contributed by atoms with van der Waals surface area (Å²) in [7, 11) is 1.56. The zero-order valence-electron chi connectivity index (χ0n) is 12.5. The van der Waals surface area contributed by atoms with E-state index in [1.165, 1.54) is 12.1 Å². The molecule has 1 aliphatic rings. The van der Waals surface area contributed by atoms with E-state index in [1.807, 2.05) is 0 Å². The lowest BCUT2D eigenvalue weighted by Gasteiger charge is -2.32. The fourth-order valence-corrected chi connectivity index (χ4v) is 2.29. The van der Waals surface area contributed by atoms with Crippen LogP contribution < -0.4 is 15.4 Å². The van der Waals surface area contributed by atoms with Gasteiger partial charge in [-0.15, -0.1) is 0 Å². The van der Waals surface area contributed by atoms with E-state index in [2.05, 4.69) is 10.6 Å². The highest BCUT2D eigenvalue weighted by Gasteiger charge is 2.27. The van der Waals surface area contributed by atoms with Gasteiger partial charge in [0.1, 0.15) is 6.04 Å². The van der Waals surface area contributed by atoms with E-state index in [-0.39, 0.29) is 30.6 Å². The van der Waals surface area contributed by atoms with Crippen LogP contribution in [0.3, 0.4) is 0 Å². The number of hydrogen-bond donors (Lipinski definition) is 2. The number of carbonyl (C=O) groups is 2. The lowest BCUT2D eigenvalue weighted by molar-refractivity contribution is -0.134. The topological polar surface area (TPSA) is 70.7 Å². The summed E-state index contributed by atoms with van der Waals surface area (Å²) in [6.45, 7) is 1.55. The number of rotatable bonds is 5. The molecular weight excluding hydrogens is 289 g/mol. The number of ether oxygens (including phenoxy) is 1. The minimum atomic E-state index is -0.447. The number of halogens is 1. The van der Waals surface area contributed by atoms with Crippen molar-refractivity contribution in [1.29, 1.82) is 0 Å². The molecule has 0 aromatic heterocycles. The number of likely N-dealkylation sites (N-methyl/N-ethyl adjacent to an activating group) is 1. The number of hydrogen-bond acceptors (Lipinski definition) is 4. The smallest absolute Gasteiger partial charge is 0.238 e. The number of piperazine rings is 1. The van der Waals surface area contributed by atoms with Crippen LogP contribution in [0.4, 0.5) is 4.39 Å². The van der Waals surface area contributed by atoms with Gasteiger partial charge in [0.2, 0.25) is 11.8 Å². The second kappa shape index (κ2) is 7.74. The molecule has 6 nitrogen and oxygen atoms in total. The summed E-state index contributed by atoms with van der Waals surface area (Å²) in [5, 5.41) is 5.62. The summed E-state index contributed by atoms with van der Waals surface area (Å²) in [6.07, 6.45) is 0.148. The Labute approximate surface area is 128 Å². The molecule has 0 aliphatic carbocycles. The van der Waals surface area contributed by atoms with Gasteiger partial charge < -0.3 is 20.3 Å². The van der Waals surface area contributed by atoms with E-state index >= 15 is 0 Å². The molecule has 0 unspecified atom stereocenters. The van der Waals surface area contributed by atoms with Crippen molar-refractivity contribution in [3.8, 4) is 5.75 Å². The molecule has 0 spiro atoms. The Hall–Kier alpha value is -2.15. The largest absolute Gasteiger partial charge is 0.490 e. The molecule has 2 amide bonds. The van der Waals surface area contributed by atoms with Crippen molar-refractivity contribution in [2.24, 2.45) is 0 Å². The number of nitrogens with one attached hydrogen (secondary N) is 2. The molecule has 1 heterocycles. The first-order chi connectivity index (χ1) is 10.6. The van der Waals surface area contributed by atoms with Crippen LogP contribution in [0.5, 0.6) is 5.75 Å². The third-order valence-corrected chi connectivity index (χ3v) is 3.50. The predicted molar refractivity (Wildman–Crippen MR) is 78.9 cm³/mol. The first-order valence-electron chi connectivity index (χ1n) is 7.22. The fraction of sp³-hybridized carbons (Fsp3) is 0.467. The average molecular weight is 309 g/mol. The van der Waals surface area contributed by atoms with Crippen LogP contribution in [0.2, 0.25) is 0 Å². The number of nitrogens with zero attached hydrogens (tertiary/aromatic N) is 1. The Morgan fingerprint density at radius 3 is 2.95 bits per heavy atom. The number of carbonyl (C=O) groups excluding carboxylic acids is 2. The predicted octanol–water partition coefficient (Wildman–Crippen LogP) is 0.141. The highest BCUT2D eigenvalue weighted by atomic mass is 19.1. The first kappa shape index (κ1) is 16.2. The maximum absolute atomic E-state index is 13.4. The van der Waals surface area contributed by atoms with Gasteiger partial charge in [0.05, 0.1) is 13.0 Å². The summed E-state index contributed by atoms with van der Waals surface area (Å²) in [4.78, 5) is 25.3. The molecule has 1 atom stereocenters. The maximum atomic E-state index is 13.4. The van der Waals surface area contributed by atoms with Crippen LogP contribution >= 0.6 is 0 Å². The molecule has 22 heavy (non-hydrogen) atoms. The number of amides is 2. The zero-order valence-corrected chi connectivity index (χ0v) is 12.5. The van der Waals surface area contributed by atoms with Gasteiger partial charge in [-0.25, -0.2) is 4.39 Å². The van der Waals surface area contributed by atoms with Gasteiger partial charge in [0.25, 0.3) is 0 Å². The van der Waals surface area contributed by atoms with Crippen molar-refractivity contribution in [2.45, 2.75) is 12.5 Å². The third kappa shape index (κ3) is 4.17. The van der Waals surface area contributed by atoms with Crippen LogP contribution in [-0.2, 0) is 9.59 Å². The van der Waals surface area contributed by atoms with E-state index in [0.717, 1.165) is 0 Å². The van der Waals surface area contributed by atoms with Crippen LogP contribution in [0.1, 0.15) is 6.42 Å². The third-order valence-electron chi connectivity index (χ3n) is 3.50. The van der Waals surface area contributed by atoms with Gasteiger partial charge in [-0.2, -0.15) is 0 Å². The Bertz CT molecular complexity index is 539. The molecule has 0 bridgehead atoms. The highest BCUT2D eigenvalue weighted by molar-refractivity contribution is 5.83. The lowest BCUT2D eigenvalue weighted by Crippen LogP contribution is -2.58. The maximum Gasteiger partial charge on any atom is 0.238 e. The van der Waals surface area contributed by atoms with Crippen LogP contribution in [0.15, 0.2) is 24.3 Å². The van der Waals surface area contributed by atoms with Crippen molar-refractivity contribution >= 4 is 11.8 Å². The number of benzene rings is 1. The van der Waals surface area contributed by atoms with Gasteiger partial charge in [-0.3, -0.25) is 9.59 Å². The Morgan fingerprint density at radius 1 is 1.45 bits per heavy atom. The van der Waals surface area contributed by atoms with Gasteiger partial charge in [-0.1, -0.05) is 12.1 Å². The molecule has 1 aromatic rings. The normalized spacial score (nSPS) is 17.9. The van der Waals surface area contributed by atoms with E-state index < -0.39 is 11.9 Å². The standard InChI is InChI=1S/C15H20FN3O3/c1-17-15(21)12-10-19(8-7-18-12)14(20)6-9-22-13-5-3-2-4-11(13)16/h2-5,12,18H,6-10H2,1H3,(H,17,21)/t12-/m0/s1. The fourth-order valence-electron chi connectivity index (χ4n) is 2.29. The van der Waals surface area contributed by atoms with Crippen molar-refractivity contribution in [3.63, 3.8) is 0 Å². The van der Waals surface area contributed by atoms with Gasteiger partial charge in [0, 0.05) is 26.7 Å². The molecule has 1 saturated heterocycles. The monoisotopic (exact) mass is 309 g/mol. The highest BCUT2D eigenvalue weighted by Crippen LogP contribution is 2.15. The second-order valence-corrected chi connectivity index (χ2v) is 4.99. The van der Waals surface area contributed by atoms with Crippen LogP contribution in [0, 0.1) is 5.82 Å². The Balaban J connectivity index is 1.79. The van der Waals surface area contributed by atoms with E-state index in [1.54, 1.807) is 24.1 Å². The molecule has 2 rings (SSSR count). The lowest BCUT2D eigenvalue weighted by atomic mass is 10.2. The van der Waals surface area contributed by atoms with Crippen LogP contribution in [0.25, 0.3) is 0 Å². The minimum Gasteiger partial charge on any atom is -0.490 e. The molecule has 120 valence electrons. The summed E-state index contributed by atoms with van der Waals surface area (Å²) in [6, 6.07) is 5.68. The molecule has 7 heteroatoms. The molecule has 1 fully saturated rings. The molecule has 1 aliphatic heterocycles. The zero-order chi connectivity index (χ0) is 15.9. The van der Waals surface area contributed by atoms with E-state index in [9.17, 15) is 14.0 Å². The van der Waals surface area contributed by atoms with Crippen molar-refractivity contribution in [2.75, 3.05) is 33.3 Å². The summed E-state index contributed by atoms with van der Waals surface area (Å²) < 4.78 is 18.7. The molecule has 0 radical (unpaired) electrons. The molecule has 1 aromatic carbocycles. The van der Waals surface area contributed by atoms with E-state index in [4.69, 9.17) is 4.74 Å². The van der Waals surface area contributed by atoms with Gasteiger partial charge in [0.15, 0.2) is 11.6 Å². The van der Waals surface area contributed by atoms with Gasteiger partial charge >= 0.3 is 0 Å². The average Bonchev–Trinajstić information content (AvgIpc) is 2.56. The second-order valence-electron chi connectivity index (χ2n) is 4.99. The Kier molecular flexibility index (Phi) is 5.71. The summed E-state index contributed by atoms with van der Waals surface area (Å²) >= 11 is 0. The molecule has 2 N–H and O–H groups in total. The number of para-hydroxylation sites is 1. The van der Waals surface area contributed by atoms with Crippen LogP contribution in [-0.4, -0.2) is 56.0 Å². The van der Waals surface area contributed by atoms with Crippen molar-refractivity contribution in [1.82, 2.24) is 15.5 Å². The molecular formula is C15H20FN3O3. The van der Waals surface area contributed by atoms with Crippen molar-refractivity contribution in [3.05, 3.63) is 30.1 Å². The minimum absolute atomic E-state index is 0.105. The quantitative estimate of drug-likeness (QED) is 0.812. The Morgan fingerprint density at radius 2 is 2.23 bits per heavy atom. The summed E-state index contributed by atoms with van der Waals surface area (Å²) in [5.41, 5.74) is 0. The SMILES string of the molecule is CNC(=O)[C@@H]1CN(C(=O)CCOc2ccccc2F)CCN1. The first-order valence-corrected chi connectivity index (χ1v) is 7.22. The molecule has 0 saturated carbocycles. The van der Waals surface area contributed by atoms with Gasteiger partial charge in [-0.05, 0) is 12.1 Å². The van der Waals surface area contributed by atoms with E-state index in [0.29, 0.717) is 19.6 Å². The summed E-state index contributed by atoms with van der Waals surface area (Å²) in [5.74, 6) is -0.553. The van der Waals surface area contributed by atoms with Crippen molar-refractivity contribution < 1.29 is 18.7 Å².